The number of hydrogen-bond donors (Lipinski definition) is 5. The van der Waals surface area contributed by atoms with Crippen LogP contribution in [0.5, 0.6) is 29.0 Å². The molecule has 6 aliphatic rings. The zero-order valence-corrected chi connectivity index (χ0v) is 48.1. The molecule has 24 heteroatoms. The number of esters is 1. The third-order valence-electron chi connectivity index (χ3n) is 16.6. The number of ketones is 1. The molecule has 24 nitrogen and oxygen atoms in total. The van der Waals surface area contributed by atoms with E-state index in [1.807, 2.05) is 36.1 Å². The van der Waals surface area contributed by atoms with Crippen molar-refractivity contribution in [3.8, 4) is 40.5 Å². The van der Waals surface area contributed by atoms with Crippen molar-refractivity contribution >= 4 is 62.4 Å². The summed E-state index contributed by atoms with van der Waals surface area (Å²) in [5.41, 5.74) is -0.945. The Morgan fingerprint density at radius 3 is 2.25 bits per heavy atom. The summed E-state index contributed by atoms with van der Waals surface area (Å²) in [4.78, 5) is 80.4. The maximum absolute atomic E-state index is 15.1. The van der Waals surface area contributed by atoms with Crippen LogP contribution in [0.4, 0.5) is 22.9 Å². The average molecular weight is 1160 g/mol. The lowest BCUT2D eigenvalue weighted by molar-refractivity contribution is -0.389. The molecular formula is C60H67N7O17. The van der Waals surface area contributed by atoms with E-state index in [4.69, 9.17) is 37.8 Å². The highest BCUT2D eigenvalue weighted by Crippen LogP contribution is 2.51. The molecule has 1 aromatic heterocycles. The van der Waals surface area contributed by atoms with Gasteiger partial charge in [0.15, 0.2) is 16.9 Å². The number of carbonyl (C=O) groups excluding carboxylic acids is 3. The molecular weight excluding hydrogens is 1090 g/mol. The first-order valence-electron chi connectivity index (χ1n) is 27.6. The molecule has 3 aromatic carbocycles. The number of aromatic hydroxyl groups is 2. The zero-order valence-electron chi connectivity index (χ0n) is 48.1. The minimum absolute atomic E-state index is 0.00150. The molecule has 5 N–H and O–H groups in total. The molecule has 1 unspecified atom stereocenters. The van der Waals surface area contributed by atoms with Crippen molar-refractivity contribution < 1.29 is 72.6 Å². The molecule has 0 spiro atoms. The van der Waals surface area contributed by atoms with Gasteiger partial charge in [-0.25, -0.2) is 4.98 Å². The number of ether oxygens (including phenoxy) is 6. The number of phenols is 2. The number of allylic oxidation sites excluding steroid dienone is 2. The Hall–Kier alpha value is -8.74. The third kappa shape index (κ3) is 10.7. The predicted octanol–water partition coefficient (Wildman–Crippen LogP) is 7.32. The number of aliphatic hydroxyl groups excluding tert-OH is 2. The van der Waals surface area contributed by atoms with Crippen molar-refractivity contribution in [2.45, 2.75) is 105 Å². The normalized spacial score (nSPS) is 28.1. The van der Waals surface area contributed by atoms with Crippen LogP contribution in [0, 0.1) is 40.7 Å². The minimum Gasteiger partial charge on any atom is -0.507 e. The van der Waals surface area contributed by atoms with Crippen molar-refractivity contribution in [2.75, 3.05) is 55.0 Å². The van der Waals surface area contributed by atoms with E-state index in [0.717, 1.165) is 5.69 Å². The number of imidazole rings is 1. The summed E-state index contributed by atoms with van der Waals surface area (Å²) in [5.74, 6) is -7.94. The van der Waals surface area contributed by atoms with Gasteiger partial charge in [-0.3, -0.25) is 23.7 Å². The Morgan fingerprint density at radius 2 is 1.60 bits per heavy atom. The number of aromatic nitrogens is 3. The molecule has 0 radical (unpaired) electrons. The number of nitrogens with zero attached hydrogens (tertiary/aromatic N) is 6. The van der Waals surface area contributed by atoms with Crippen LogP contribution < -0.4 is 34.8 Å². The van der Waals surface area contributed by atoms with Crippen molar-refractivity contribution in [3.05, 3.63) is 110 Å². The van der Waals surface area contributed by atoms with Crippen LogP contribution in [0.15, 0.2) is 87.9 Å². The monoisotopic (exact) mass is 1160 g/mol. The fourth-order valence-corrected chi connectivity index (χ4v) is 11.6. The lowest BCUT2D eigenvalue weighted by atomic mass is 9.78. The second-order valence-electron chi connectivity index (χ2n) is 22.6. The van der Waals surface area contributed by atoms with Crippen LogP contribution in [-0.2, 0) is 30.3 Å². The van der Waals surface area contributed by atoms with Crippen LogP contribution in [-0.4, -0.2) is 133 Å². The standard InChI is InChI=1S/C60H67N7O17/c1-29-12-11-13-30(2)57(75)63-48-52(73)44-43(45-54(34(6)51(44)72)83-60(9,56(45)74)80-23-18-40(78-10)31(3)53(81-35(7)68)33(5)50(71)32(4)49(29)70)47-55(48)82-41-25-37(24-39(69)46(41)62-47)65-21-19-64(20-22-65)36-14-16-38(17-15-36)79-28-59(8)27-66-26-42(67(76)77)61-58(66)84-59/h11-18,23-26,29,31-33,40,49-50,53,69-72H,19-22,27-28H2,1-10H3,(H,63,75)/b12-11+,23-18+,30-13-/t29-,31+,32+,33+,40-,49-,50+,53+,59?,60-/m0/s1. The number of phenolic OH excluding ortho intramolecular Hbond substituents is 2. The van der Waals surface area contributed by atoms with E-state index in [1.165, 1.54) is 65.5 Å². The van der Waals surface area contributed by atoms with E-state index < -0.39 is 104 Å². The number of hydrogen-bond acceptors (Lipinski definition) is 21. The molecule has 10 atom stereocenters. The summed E-state index contributed by atoms with van der Waals surface area (Å²) in [6.45, 7) is 16.9. The number of rotatable bonds is 8. The zero-order chi connectivity index (χ0) is 60.4. The molecule has 1 aliphatic carbocycles. The van der Waals surface area contributed by atoms with Crippen LogP contribution >= 0.6 is 0 Å². The van der Waals surface area contributed by atoms with Crippen molar-refractivity contribution in [3.63, 3.8) is 0 Å². The summed E-state index contributed by atoms with van der Waals surface area (Å²) in [6.07, 6.45) is 4.63. The molecule has 10 rings (SSSR count). The topological polar surface area (TPSA) is 310 Å². The van der Waals surface area contributed by atoms with E-state index in [0.29, 0.717) is 44.2 Å². The maximum Gasteiger partial charge on any atom is 0.415 e. The van der Waals surface area contributed by atoms with Gasteiger partial charge >= 0.3 is 23.6 Å². The molecule has 444 valence electrons. The van der Waals surface area contributed by atoms with E-state index in [-0.39, 0.29) is 74.6 Å². The minimum atomic E-state index is -2.13. The Kier molecular flexibility index (Phi) is 15.6. The number of aliphatic hydroxyl groups is 2. The van der Waals surface area contributed by atoms with Crippen LogP contribution in [0.25, 0.3) is 33.3 Å². The van der Waals surface area contributed by atoms with Gasteiger partial charge in [0, 0.05) is 116 Å². The quantitative estimate of drug-likeness (QED) is 0.0328. The summed E-state index contributed by atoms with van der Waals surface area (Å²) >= 11 is 0. The number of nitrogens with one attached hydrogen (secondary N) is 1. The first-order valence-corrected chi connectivity index (χ1v) is 27.6. The molecule has 0 saturated carbocycles. The Bertz CT molecular complexity index is 3710. The second kappa shape index (κ2) is 22.4. The lowest BCUT2D eigenvalue weighted by Gasteiger charge is -2.38. The van der Waals surface area contributed by atoms with Crippen molar-refractivity contribution in [1.82, 2.24) is 14.5 Å². The molecule has 1 fully saturated rings. The van der Waals surface area contributed by atoms with Gasteiger partial charge < -0.3 is 78.5 Å². The SMILES string of the molecule is CO[C@H]1/C=C/O[C@@]2(C)Oc3c(C)c(O)c4c(=O)c(c5oc6cc(N7CCN(c8ccc(OCC9(C)Cn%10cc([N+](=O)[O-])nc%10O9)cc8)CC7)cc(O)c6nc-5c4c3C2=O)NC(=O)/C(C)=C\C=C\[C@H](C)[C@H](O)[C@@H](C)[C@@H](O)[C@@H](C)[C@H](OC(C)=O)[C@@H]1C. The molecule has 4 aromatic rings. The number of fused-ring (bicyclic) bond motifs is 3. The molecule has 5 aliphatic heterocycles. The lowest BCUT2D eigenvalue weighted by Crippen LogP contribution is -2.46. The largest absolute Gasteiger partial charge is 0.507 e. The van der Waals surface area contributed by atoms with Gasteiger partial charge in [0.25, 0.3) is 11.7 Å². The number of nitro groups is 1. The first kappa shape index (κ1) is 58.5. The number of benzene rings is 4. The van der Waals surface area contributed by atoms with Crippen molar-refractivity contribution in [2.24, 2.45) is 23.7 Å². The Labute approximate surface area is 482 Å². The van der Waals surface area contributed by atoms with Crippen LogP contribution in [0.3, 0.4) is 0 Å². The molecule has 1 amide bonds. The number of carbonyl (C=O) groups is 3. The summed E-state index contributed by atoms with van der Waals surface area (Å²) in [7, 11) is 1.43. The highest BCUT2D eigenvalue weighted by Gasteiger charge is 2.50. The maximum atomic E-state index is 15.1. The van der Waals surface area contributed by atoms with E-state index in [9.17, 15) is 44.9 Å². The molecule has 84 heavy (non-hydrogen) atoms. The van der Waals surface area contributed by atoms with E-state index in [1.54, 1.807) is 50.5 Å². The van der Waals surface area contributed by atoms with Crippen LogP contribution in [0.1, 0.15) is 71.3 Å². The van der Waals surface area contributed by atoms with E-state index in [2.05, 4.69) is 15.2 Å². The van der Waals surface area contributed by atoms with Crippen molar-refractivity contribution in [1.29, 1.82) is 0 Å². The van der Waals surface area contributed by atoms with Crippen LogP contribution in [0.2, 0.25) is 0 Å². The smallest absolute Gasteiger partial charge is 0.415 e. The highest BCUT2D eigenvalue weighted by molar-refractivity contribution is 6.22. The van der Waals surface area contributed by atoms with Gasteiger partial charge in [-0.1, -0.05) is 45.9 Å². The fraction of sp³-hybridized carbons (Fsp3) is 0.433. The molecule has 6 heterocycles. The Morgan fingerprint density at radius 1 is 0.905 bits per heavy atom. The number of anilines is 3. The average Bonchev–Trinajstić information content (AvgIpc) is 1.57. The molecule has 4 bridgehead atoms. The van der Waals surface area contributed by atoms with Gasteiger partial charge in [-0.05, 0) is 56.0 Å². The predicted molar refractivity (Wildman–Crippen MR) is 307 cm³/mol. The number of amides is 1. The van der Waals surface area contributed by atoms with Gasteiger partial charge in [0.05, 0.1) is 42.1 Å². The van der Waals surface area contributed by atoms with Gasteiger partial charge in [-0.2, -0.15) is 0 Å². The fourth-order valence-electron chi connectivity index (χ4n) is 11.6. The highest BCUT2D eigenvalue weighted by atomic mass is 16.7. The summed E-state index contributed by atoms with van der Waals surface area (Å²) in [6, 6.07) is 10.9. The van der Waals surface area contributed by atoms with Gasteiger partial charge in [-0.15, -0.1) is 0 Å². The third-order valence-corrected chi connectivity index (χ3v) is 16.6. The van der Waals surface area contributed by atoms with Gasteiger partial charge in [0.2, 0.25) is 5.43 Å². The number of Topliss-reactive ketones (excluding diaryl/α,β-unsaturated/α-hetero) is 1. The first-order chi connectivity index (χ1) is 39.8. The molecule has 1 saturated heterocycles. The number of piperazine rings is 1. The summed E-state index contributed by atoms with van der Waals surface area (Å²) < 4.78 is 44.2. The summed E-state index contributed by atoms with van der Waals surface area (Å²) in [5, 5.41) is 60.3. The van der Waals surface area contributed by atoms with E-state index >= 15 is 4.79 Å². The van der Waals surface area contributed by atoms with Gasteiger partial charge in [0.1, 0.15) is 58.8 Å². The second-order valence-corrected chi connectivity index (χ2v) is 22.6. The number of methoxy groups -OCH3 is 1. The Balaban J connectivity index is 0.981.